The van der Waals surface area contributed by atoms with Crippen molar-refractivity contribution in [1.82, 2.24) is 0 Å². The second-order valence-corrected chi connectivity index (χ2v) is 3.74. The van der Waals surface area contributed by atoms with Gasteiger partial charge < -0.3 is 15.8 Å². The number of aromatic carboxylic acids is 1. The summed E-state index contributed by atoms with van der Waals surface area (Å²) in [5.41, 5.74) is 2.32. The van der Waals surface area contributed by atoms with Crippen LogP contribution in [-0.4, -0.2) is 17.3 Å². The van der Waals surface area contributed by atoms with Crippen molar-refractivity contribution in [3.63, 3.8) is 0 Å². The van der Waals surface area contributed by atoms with Crippen LogP contribution in [0.25, 0.3) is 0 Å². The fourth-order valence-electron chi connectivity index (χ4n) is 1.61. The quantitative estimate of drug-likeness (QED) is 0.569. The molecule has 0 heterocycles. The maximum atomic E-state index is 10.8. The fraction of sp³-hybridized carbons (Fsp3) is 0. The second-order valence-electron chi connectivity index (χ2n) is 3.74. The zero-order chi connectivity index (χ0) is 13.0. The van der Waals surface area contributed by atoms with E-state index < -0.39 is 5.97 Å². The van der Waals surface area contributed by atoms with Crippen molar-refractivity contribution in [1.29, 1.82) is 5.41 Å². The molecule has 0 aliphatic carbocycles. The Morgan fingerprint density at radius 1 is 1.16 bits per heavy atom. The molecule has 0 fully saturated rings. The van der Waals surface area contributed by atoms with Gasteiger partial charge in [-0.3, -0.25) is 0 Å². The Bertz CT molecular complexity index is 585. The Kier molecular flexibility index (Phi) is 5.50. The van der Waals surface area contributed by atoms with E-state index in [-0.39, 0.29) is 29.5 Å². The SMILES string of the molecule is I.N=Cc1cc(C(=O)O)ccc1Nc1ccccc1. The highest BCUT2D eigenvalue weighted by Gasteiger charge is 2.07. The fourth-order valence-corrected chi connectivity index (χ4v) is 1.61. The van der Waals surface area contributed by atoms with Crippen molar-refractivity contribution in [2.24, 2.45) is 0 Å². The largest absolute Gasteiger partial charge is 0.478 e. The van der Waals surface area contributed by atoms with E-state index in [2.05, 4.69) is 5.32 Å². The Morgan fingerprint density at radius 2 is 1.84 bits per heavy atom. The van der Waals surface area contributed by atoms with Crippen molar-refractivity contribution < 1.29 is 9.90 Å². The highest BCUT2D eigenvalue weighted by Crippen LogP contribution is 2.20. The average molecular weight is 368 g/mol. The van der Waals surface area contributed by atoms with Gasteiger partial charge in [-0.15, -0.1) is 24.0 Å². The lowest BCUT2D eigenvalue weighted by Gasteiger charge is -2.09. The molecule has 0 atom stereocenters. The van der Waals surface area contributed by atoms with Crippen molar-refractivity contribution in [2.75, 3.05) is 5.32 Å². The minimum Gasteiger partial charge on any atom is -0.478 e. The van der Waals surface area contributed by atoms with E-state index >= 15 is 0 Å². The molecule has 5 heteroatoms. The number of nitrogens with one attached hydrogen (secondary N) is 2. The van der Waals surface area contributed by atoms with Crippen LogP contribution in [0.1, 0.15) is 15.9 Å². The van der Waals surface area contributed by atoms with Gasteiger partial charge in [-0.1, -0.05) is 18.2 Å². The predicted molar refractivity (Wildman–Crippen MR) is 86.4 cm³/mol. The first-order valence-corrected chi connectivity index (χ1v) is 5.40. The number of hydrogen-bond acceptors (Lipinski definition) is 3. The van der Waals surface area contributed by atoms with E-state index in [0.29, 0.717) is 11.3 Å². The summed E-state index contributed by atoms with van der Waals surface area (Å²) >= 11 is 0. The molecule has 2 aromatic rings. The number of anilines is 2. The molecule has 0 aliphatic rings. The van der Waals surface area contributed by atoms with Gasteiger partial charge in [0, 0.05) is 23.2 Å². The molecule has 19 heavy (non-hydrogen) atoms. The Morgan fingerprint density at radius 3 is 2.42 bits per heavy atom. The van der Waals surface area contributed by atoms with Gasteiger partial charge in [0.2, 0.25) is 0 Å². The van der Waals surface area contributed by atoms with Crippen LogP contribution >= 0.6 is 24.0 Å². The lowest BCUT2D eigenvalue weighted by atomic mass is 10.1. The number of para-hydroxylation sites is 1. The third-order valence-corrected chi connectivity index (χ3v) is 2.51. The summed E-state index contributed by atoms with van der Waals surface area (Å²) in [4.78, 5) is 10.8. The smallest absolute Gasteiger partial charge is 0.335 e. The molecular formula is C14H13IN2O2. The second kappa shape index (κ2) is 6.89. The van der Waals surface area contributed by atoms with Gasteiger partial charge in [-0.25, -0.2) is 4.79 Å². The first-order valence-electron chi connectivity index (χ1n) is 5.40. The summed E-state index contributed by atoms with van der Waals surface area (Å²) < 4.78 is 0. The predicted octanol–water partition coefficient (Wildman–Crippen LogP) is 3.74. The summed E-state index contributed by atoms with van der Waals surface area (Å²) in [5, 5.41) is 19.4. The minimum atomic E-state index is -0.996. The zero-order valence-electron chi connectivity index (χ0n) is 9.96. The number of hydrogen-bond donors (Lipinski definition) is 3. The minimum absolute atomic E-state index is 0. The van der Waals surface area contributed by atoms with Crippen LogP contribution in [0.4, 0.5) is 11.4 Å². The molecule has 98 valence electrons. The van der Waals surface area contributed by atoms with Crippen molar-refractivity contribution in [3.05, 3.63) is 59.7 Å². The molecule has 4 nitrogen and oxygen atoms in total. The molecule has 0 unspecified atom stereocenters. The van der Waals surface area contributed by atoms with Crippen LogP contribution in [0, 0.1) is 5.41 Å². The van der Waals surface area contributed by atoms with Gasteiger partial charge in [0.05, 0.1) is 5.56 Å². The Balaban J connectivity index is 0.00000180. The van der Waals surface area contributed by atoms with Gasteiger partial charge in [0.25, 0.3) is 0 Å². The number of halogens is 1. The topological polar surface area (TPSA) is 73.2 Å². The lowest BCUT2D eigenvalue weighted by molar-refractivity contribution is 0.0697. The summed E-state index contributed by atoms with van der Waals surface area (Å²) in [7, 11) is 0. The van der Waals surface area contributed by atoms with Crippen LogP contribution in [0.15, 0.2) is 48.5 Å². The molecular weight excluding hydrogens is 355 g/mol. The van der Waals surface area contributed by atoms with Gasteiger partial charge in [0.1, 0.15) is 0 Å². The highest BCUT2D eigenvalue weighted by molar-refractivity contribution is 14.0. The molecule has 0 amide bonds. The number of rotatable bonds is 4. The maximum absolute atomic E-state index is 10.8. The molecule has 0 saturated heterocycles. The number of benzene rings is 2. The number of carboxylic acid groups (broad SMARTS) is 1. The van der Waals surface area contributed by atoms with E-state index in [0.717, 1.165) is 11.9 Å². The van der Waals surface area contributed by atoms with Crippen molar-refractivity contribution >= 4 is 47.5 Å². The van der Waals surface area contributed by atoms with Crippen LogP contribution < -0.4 is 5.32 Å². The first kappa shape index (κ1) is 15.2. The highest BCUT2D eigenvalue weighted by atomic mass is 127. The van der Waals surface area contributed by atoms with Crippen molar-refractivity contribution in [3.8, 4) is 0 Å². The Labute approximate surface area is 128 Å². The molecule has 0 spiro atoms. The van der Waals surface area contributed by atoms with Gasteiger partial charge in [0.15, 0.2) is 0 Å². The number of carbonyl (C=O) groups is 1. The third-order valence-electron chi connectivity index (χ3n) is 2.51. The zero-order valence-corrected chi connectivity index (χ0v) is 12.3. The molecule has 0 saturated carbocycles. The lowest BCUT2D eigenvalue weighted by Crippen LogP contribution is -2.00. The maximum Gasteiger partial charge on any atom is 0.335 e. The summed E-state index contributed by atoms with van der Waals surface area (Å²) in [6, 6.07) is 14.2. The van der Waals surface area contributed by atoms with E-state index in [9.17, 15) is 4.79 Å². The normalized spacial score (nSPS) is 9.26. The molecule has 3 N–H and O–H groups in total. The average Bonchev–Trinajstić information content (AvgIpc) is 2.40. The van der Waals surface area contributed by atoms with Crippen LogP contribution in [-0.2, 0) is 0 Å². The molecule has 0 bridgehead atoms. The Hall–Kier alpha value is -1.89. The van der Waals surface area contributed by atoms with Gasteiger partial charge in [-0.05, 0) is 30.3 Å². The molecule has 2 rings (SSSR count). The summed E-state index contributed by atoms with van der Waals surface area (Å²) in [6.45, 7) is 0. The summed E-state index contributed by atoms with van der Waals surface area (Å²) in [5.74, 6) is -0.996. The van der Waals surface area contributed by atoms with E-state index in [1.165, 1.54) is 12.1 Å². The molecule has 2 aromatic carbocycles. The van der Waals surface area contributed by atoms with Crippen LogP contribution in [0.2, 0.25) is 0 Å². The van der Waals surface area contributed by atoms with Gasteiger partial charge >= 0.3 is 5.97 Å². The standard InChI is InChI=1S/C14H12N2O2.HI/c15-9-11-8-10(14(17)18)6-7-13(11)16-12-4-2-1-3-5-12;/h1-9,15-16H,(H,17,18);1H. The van der Waals surface area contributed by atoms with Crippen molar-refractivity contribution in [2.45, 2.75) is 0 Å². The molecule has 0 aliphatic heterocycles. The monoisotopic (exact) mass is 368 g/mol. The third kappa shape index (κ3) is 3.78. The molecule has 0 radical (unpaired) electrons. The van der Waals surface area contributed by atoms with E-state index in [1.54, 1.807) is 6.07 Å². The number of carboxylic acids is 1. The van der Waals surface area contributed by atoms with Crippen LogP contribution in [0.5, 0.6) is 0 Å². The van der Waals surface area contributed by atoms with Crippen LogP contribution in [0.3, 0.4) is 0 Å². The van der Waals surface area contributed by atoms with E-state index in [1.807, 2.05) is 30.3 Å². The summed E-state index contributed by atoms with van der Waals surface area (Å²) in [6.07, 6.45) is 1.14. The van der Waals surface area contributed by atoms with E-state index in [4.69, 9.17) is 10.5 Å². The van der Waals surface area contributed by atoms with Gasteiger partial charge in [-0.2, -0.15) is 0 Å². The molecule has 0 aromatic heterocycles. The first-order chi connectivity index (χ1) is 8.70.